The van der Waals surface area contributed by atoms with Crippen LogP contribution in [0.2, 0.25) is 18.1 Å². The molecule has 2 nitrogen and oxygen atoms in total. The zero-order chi connectivity index (χ0) is 11.9. The molecule has 0 aromatic rings. The van der Waals surface area contributed by atoms with Gasteiger partial charge < -0.3 is 0 Å². The SMILES string of the molecule is CC[Si](CC)(CC)[O][Zn][O]CC(F)(F)F. The van der Waals surface area contributed by atoms with Crippen molar-refractivity contribution in [1.29, 1.82) is 0 Å². The zero-order valence-corrected chi connectivity index (χ0v) is 13.5. The molecule has 0 aromatic heterocycles. The van der Waals surface area contributed by atoms with Gasteiger partial charge in [0.2, 0.25) is 0 Å². The average molecular weight is 296 g/mol. The van der Waals surface area contributed by atoms with Crippen LogP contribution in [0.1, 0.15) is 20.8 Å². The predicted molar refractivity (Wildman–Crippen MR) is 50.3 cm³/mol. The Morgan fingerprint density at radius 1 is 1.07 bits per heavy atom. The van der Waals surface area contributed by atoms with Crippen LogP contribution in [-0.2, 0) is 24.7 Å². The number of rotatable bonds is 7. The van der Waals surface area contributed by atoms with Crippen molar-refractivity contribution in [2.75, 3.05) is 6.61 Å². The molecule has 0 N–H and O–H groups in total. The van der Waals surface area contributed by atoms with Crippen molar-refractivity contribution >= 4 is 8.32 Å². The molecule has 0 saturated carbocycles. The summed E-state index contributed by atoms with van der Waals surface area (Å²) in [6, 6.07) is 2.88. The Morgan fingerprint density at radius 2 is 1.53 bits per heavy atom. The van der Waals surface area contributed by atoms with Gasteiger partial charge in [0.1, 0.15) is 0 Å². The summed E-state index contributed by atoms with van der Waals surface area (Å²) in [7, 11) is -1.72. The first-order valence-corrected chi connectivity index (χ1v) is 10.1. The first kappa shape index (κ1) is 15.6. The molecule has 0 aliphatic rings. The van der Waals surface area contributed by atoms with Crippen LogP contribution in [0.4, 0.5) is 13.2 Å². The molecular formula is C8H17F3O2SiZn. The minimum atomic E-state index is -4.22. The summed E-state index contributed by atoms with van der Waals surface area (Å²) in [5.41, 5.74) is 0. The quantitative estimate of drug-likeness (QED) is 0.529. The number of halogens is 3. The zero-order valence-electron chi connectivity index (χ0n) is 9.49. The van der Waals surface area contributed by atoms with E-state index >= 15 is 0 Å². The third-order valence-electron chi connectivity index (χ3n) is 2.65. The first-order chi connectivity index (χ1) is 6.89. The summed E-state index contributed by atoms with van der Waals surface area (Å²) in [5, 5.41) is 0. The van der Waals surface area contributed by atoms with E-state index in [0.717, 1.165) is 18.1 Å². The molecule has 0 bridgehead atoms. The van der Waals surface area contributed by atoms with Crippen LogP contribution in [0.5, 0.6) is 0 Å². The van der Waals surface area contributed by atoms with Crippen molar-refractivity contribution in [2.24, 2.45) is 0 Å². The molecule has 0 spiro atoms. The monoisotopic (exact) mass is 294 g/mol. The number of hydrogen-bond acceptors (Lipinski definition) is 2. The van der Waals surface area contributed by atoms with Crippen LogP contribution in [0.15, 0.2) is 0 Å². The van der Waals surface area contributed by atoms with E-state index in [0.29, 0.717) is 0 Å². The molecule has 0 heterocycles. The Bertz CT molecular complexity index is 165. The van der Waals surface area contributed by atoms with Crippen molar-refractivity contribution in [1.82, 2.24) is 0 Å². The Hall–Kier alpha value is 0.550. The molecule has 0 radical (unpaired) electrons. The summed E-state index contributed by atoms with van der Waals surface area (Å²) >= 11 is -1.89. The topological polar surface area (TPSA) is 18.5 Å². The molecule has 0 aliphatic carbocycles. The second-order valence-corrected chi connectivity index (χ2v) is 11.4. The standard InChI is InChI=1S/C6H15OSi.C2H2F3O.Zn/c1-4-8(7,5-2)6-3;3-2(4,5)1-6;/h4-6H2,1-3H3;1H2;/q2*-1;+2. The predicted octanol–water partition coefficient (Wildman–Crippen LogP) is 3.50. The van der Waals surface area contributed by atoms with Crippen molar-refractivity contribution in [3.8, 4) is 0 Å². The second-order valence-electron chi connectivity index (χ2n) is 3.47. The van der Waals surface area contributed by atoms with E-state index in [1.807, 2.05) is 20.8 Å². The van der Waals surface area contributed by atoms with Gasteiger partial charge in [-0.25, -0.2) is 0 Å². The van der Waals surface area contributed by atoms with Gasteiger partial charge in [0.05, 0.1) is 0 Å². The Morgan fingerprint density at radius 3 is 1.87 bits per heavy atom. The van der Waals surface area contributed by atoms with E-state index in [9.17, 15) is 13.2 Å². The van der Waals surface area contributed by atoms with Gasteiger partial charge >= 0.3 is 97.8 Å². The maximum absolute atomic E-state index is 11.8. The molecule has 0 amide bonds. The van der Waals surface area contributed by atoms with E-state index in [-0.39, 0.29) is 0 Å². The molecule has 15 heavy (non-hydrogen) atoms. The molecule has 0 aromatic carbocycles. The van der Waals surface area contributed by atoms with Gasteiger partial charge in [-0.05, 0) is 0 Å². The fourth-order valence-corrected chi connectivity index (χ4v) is 10.4. The van der Waals surface area contributed by atoms with Gasteiger partial charge in [0, 0.05) is 0 Å². The molecular weight excluding hydrogens is 279 g/mol. The maximum atomic E-state index is 11.8. The Balaban J connectivity index is 3.82. The fourth-order valence-electron chi connectivity index (χ4n) is 1.38. The molecule has 0 unspecified atom stereocenters. The first-order valence-electron chi connectivity index (χ1n) is 5.17. The second kappa shape index (κ2) is 6.99. The molecule has 0 rings (SSSR count). The van der Waals surface area contributed by atoms with E-state index in [2.05, 4.69) is 3.56 Å². The minimum absolute atomic E-state index is 0.959. The van der Waals surface area contributed by atoms with Crippen LogP contribution >= 0.6 is 0 Å². The van der Waals surface area contributed by atoms with Gasteiger partial charge in [0.25, 0.3) is 0 Å². The van der Waals surface area contributed by atoms with Crippen LogP contribution in [0.3, 0.4) is 0 Å². The molecule has 0 fully saturated rings. The van der Waals surface area contributed by atoms with Crippen LogP contribution in [-0.4, -0.2) is 21.1 Å². The summed E-state index contributed by atoms with van der Waals surface area (Å²) in [5.74, 6) is 0. The Kier molecular flexibility index (Phi) is 7.25. The average Bonchev–Trinajstić information content (AvgIpc) is 2.18. The van der Waals surface area contributed by atoms with Gasteiger partial charge in [0.15, 0.2) is 0 Å². The van der Waals surface area contributed by atoms with Gasteiger partial charge in [-0.3, -0.25) is 0 Å². The van der Waals surface area contributed by atoms with Crippen LogP contribution in [0, 0.1) is 0 Å². The summed E-state index contributed by atoms with van der Waals surface area (Å²) in [4.78, 5) is 0. The van der Waals surface area contributed by atoms with Crippen molar-refractivity contribution in [3.05, 3.63) is 0 Å². The van der Waals surface area contributed by atoms with Gasteiger partial charge in [-0.1, -0.05) is 0 Å². The van der Waals surface area contributed by atoms with E-state index < -0.39 is 38.9 Å². The van der Waals surface area contributed by atoms with Crippen molar-refractivity contribution in [2.45, 2.75) is 45.1 Å². The van der Waals surface area contributed by atoms with E-state index in [1.165, 1.54) is 0 Å². The van der Waals surface area contributed by atoms with E-state index in [4.69, 9.17) is 3.25 Å². The fraction of sp³-hybridized carbons (Fsp3) is 1.00. The van der Waals surface area contributed by atoms with Crippen LogP contribution in [0.25, 0.3) is 0 Å². The molecule has 0 saturated heterocycles. The third-order valence-corrected chi connectivity index (χ3v) is 12.6. The molecule has 0 atom stereocenters. The summed E-state index contributed by atoms with van der Waals surface area (Å²) in [6.45, 7) is 5.00. The molecule has 7 heteroatoms. The van der Waals surface area contributed by atoms with E-state index in [1.54, 1.807) is 0 Å². The third kappa shape index (κ3) is 6.66. The molecule has 0 aliphatic heterocycles. The van der Waals surface area contributed by atoms with Gasteiger partial charge in [-0.15, -0.1) is 0 Å². The van der Waals surface area contributed by atoms with Crippen LogP contribution < -0.4 is 0 Å². The Labute approximate surface area is 98.1 Å². The van der Waals surface area contributed by atoms with Gasteiger partial charge in [-0.2, -0.15) is 0 Å². The van der Waals surface area contributed by atoms with Crippen molar-refractivity contribution < 1.29 is 37.8 Å². The summed E-state index contributed by atoms with van der Waals surface area (Å²) < 4.78 is 45.7. The number of alkyl halides is 3. The normalized spacial score (nSPS) is 12.7. The summed E-state index contributed by atoms with van der Waals surface area (Å²) in [6.07, 6.45) is -4.22. The molecule has 88 valence electrons. The number of hydrogen-bond donors (Lipinski definition) is 0. The van der Waals surface area contributed by atoms with Crippen molar-refractivity contribution in [3.63, 3.8) is 0 Å².